The molecule has 6 nitrogen and oxygen atoms in total. The number of rotatable bonds is 4. The van der Waals surface area contributed by atoms with Crippen molar-refractivity contribution < 1.29 is 4.52 Å². The van der Waals surface area contributed by atoms with Crippen molar-refractivity contribution in [2.75, 3.05) is 6.54 Å². The lowest BCUT2D eigenvalue weighted by molar-refractivity contribution is 0.370. The maximum absolute atomic E-state index is 5.09. The zero-order valence-corrected chi connectivity index (χ0v) is 8.42. The summed E-state index contributed by atoms with van der Waals surface area (Å²) in [6.45, 7) is 0.892. The molecule has 2 heterocycles. The first-order valence-corrected chi connectivity index (χ1v) is 4.64. The van der Waals surface area contributed by atoms with Crippen LogP contribution in [0.25, 0.3) is 11.6 Å². The average molecular weight is 215 g/mol. The largest absolute Gasteiger partial charge is 0.337 e. The fraction of sp³-hybridized carbons (Fsp3) is 0.200. The summed E-state index contributed by atoms with van der Waals surface area (Å²) in [6.07, 6.45) is 8.33. The van der Waals surface area contributed by atoms with E-state index in [1.54, 1.807) is 18.5 Å². The van der Waals surface area contributed by atoms with Crippen LogP contribution in [0.4, 0.5) is 0 Å². The Hall–Kier alpha value is -2.26. The van der Waals surface area contributed by atoms with Crippen molar-refractivity contribution >= 4 is 0 Å². The summed E-state index contributed by atoms with van der Waals surface area (Å²) < 4.78 is 4.99. The van der Waals surface area contributed by atoms with Crippen LogP contribution in [0, 0.1) is 12.3 Å². The summed E-state index contributed by atoms with van der Waals surface area (Å²) in [5, 5.41) is 6.71. The van der Waals surface area contributed by atoms with Crippen LogP contribution in [-0.4, -0.2) is 26.7 Å². The molecule has 0 aromatic carbocycles. The predicted octanol–water partition coefficient (Wildman–Crippen LogP) is 0.249. The lowest BCUT2D eigenvalue weighted by Crippen LogP contribution is -2.13. The topological polar surface area (TPSA) is 76.7 Å². The van der Waals surface area contributed by atoms with E-state index in [-0.39, 0.29) is 0 Å². The quantitative estimate of drug-likeness (QED) is 0.582. The summed E-state index contributed by atoms with van der Waals surface area (Å²) in [4.78, 5) is 12.1. The first-order valence-electron chi connectivity index (χ1n) is 4.64. The molecule has 2 rings (SSSR count). The molecule has 0 spiro atoms. The number of hydrogen-bond acceptors (Lipinski definition) is 6. The highest BCUT2D eigenvalue weighted by Gasteiger charge is 2.09. The van der Waals surface area contributed by atoms with Crippen molar-refractivity contribution in [1.82, 2.24) is 25.4 Å². The van der Waals surface area contributed by atoms with E-state index in [1.807, 2.05) is 0 Å². The van der Waals surface area contributed by atoms with Crippen LogP contribution in [0.15, 0.2) is 23.0 Å². The van der Waals surface area contributed by atoms with Crippen LogP contribution in [0.3, 0.4) is 0 Å². The molecule has 16 heavy (non-hydrogen) atoms. The third-order valence-electron chi connectivity index (χ3n) is 1.74. The Bertz CT molecular complexity index is 487. The molecule has 0 unspecified atom stereocenters. The summed E-state index contributed by atoms with van der Waals surface area (Å²) >= 11 is 0. The van der Waals surface area contributed by atoms with Gasteiger partial charge in [0.25, 0.3) is 0 Å². The zero-order chi connectivity index (χ0) is 11.2. The molecular formula is C10H9N5O. The lowest BCUT2D eigenvalue weighted by atomic mass is 10.5. The highest BCUT2D eigenvalue weighted by Crippen LogP contribution is 2.08. The van der Waals surface area contributed by atoms with Gasteiger partial charge in [0.05, 0.1) is 13.1 Å². The summed E-state index contributed by atoms with van der Waals surface area (Å²) in [7, 11) is 0. The summed E-state index contributed by atoms with van der Waals surface area (Å²) in [5.41, 5.74) is 0. The SMILES string of the molecule is C#CCNCc1nc(-c2ncccn2)no1. The second-order valence-corrected chi connectivity index (χ2v) is 2.89. The minimum absolute atomic E-state index is 0.373. The molecule has 0 saturated heterocycles. The molecule has 1 N–H and O–H groups in total. The second-order valence-electron chi connectivity index (χ2n) is 2.89. The van der Waals surface area contributed by atoms with Crippen LogP contribution >= 0.6 is 0 Å². The van der Waals surface area contributed by atoms with Gasteiger partial charge in [0, 0.05) is 12.4 Å². The van der Waals surface area contributed by atoms with Gasteiger partial charge in [0.2, 0.25) is 17.5 Å². The van der Waals surface area contributed by atoms with E-state index in [2.05, 4.69) is 31.3 Å². The van der Waals surface area contributed by atoms with Crippen LogP contribution in [0.5, 0.6) is 0 Å². The lowest BCUT2D eigenvalue weighted by Gasteiger charge is -1.92. The van der Waals surface area contributed by atoms with E-state index in [1.165, 1.54) is 0 Å². The number of nitrogens with one attached hydrogen (secondary N) is 1. The second kappa shape index (κ2) is 5.00. The first kappa shape index (κ1) is 10.3. The fourth-order valence-corrected chi connectivity index (χ4v) is 1.07. The molecule has 6 heteroatoms. The van der Waals surface area contributed by atoms with Gasteiger partial charge in [0.15, 0.2) is 0 Å². The highest BCUT2D eigenvalue weighted by atomic mass is 16.5. The van der Waals surface area contributed by atoms with Gasteiger partial charge in [-0.2, -0.15) is 4.98 Å². The van der Waals surface area contributed by atoms with Crippen molar-refractivity contribution in [2.24, 2.45) is 0 Å². The van der Waals surface area contributed by atoms with Crippen molar-refractivity contribution in [3.05, 3.63) is 24.4 Å². The van der Waals surface area contributed by atoms with Gasteiger partial charge in [-0.3, -0.25) is 5.32 Å². The van der Waals surface area contributed by atoms with Gasteiger partial charge in [-0.15, -0.1) is 6.42 Å². The van der Waals surface area contributed by atoms with Crippen LogP contribution in [0.2, 0.25) is 0 Å². The standard InChI is InChI=1S/C10H9N5O/c1-2-4-11-7-8-14-10(15-16-8)9-12-5-3-6-13-9/h1,3,5-6,11H,4,7H2. The third kappa shape index (κ3) is 2.40. The van der Waals surface area contributed by atoms with Crippen LogP contribution < -0.4 is 5.32 Å². The normalized spacial score (nSPS) is 9.94. The third-order valence-corrected chi connectivity index (χ3v) is 1.74. The molecular weight excluding hydrogens is 206 g/mol. The molecule has 0 amide bonds. The highest BCUT2D eigenvalue weighted by molar-refractivity contribution is 5.40. The molecule has 2 aromatic heterocycles. The zero-order valence-electron chi connectivity index (χ0n) is 8.42. The number of nitrogens with zero attached hydrogens (tertiary/aromatic N) is 4. The van der Waals surface area contributed by atoms with E-state index in [9.17, 15) is 0 Å². The van der Waals surface area contributed by atoms with Crippen LogP contribution in [0.1, 0.15) is 5.89 Å². The van der Waals surface area contributed by atoms with E-state index in [0.29, 0.717) is 30.6 Å². The van der Waals surface area contributed by atoms with E-state index in [4.69, 9.17) is 10.9 Å². The number of aromatic nitrogens is 4. The van der Waals surface area contributed by atoms with Gasteiger partial charge in [-0.1, -0.05) is 11.1 Å². The minimum Gasteiger partial charge on any atom is -0.337 e. The maximum Gasteiger partial charge on any atom is 0.241 e. The van der Waals surface area contributed by atoms with Gasteiger partial charge < -0.3 is 4.52 Å². The Labute approximate surface area is 92.1 Å². The molecule has 0 radical (unpaired) electrons. The molecule has 2 aromatic rings. The minimum atomic E-state index is 0.373. The van der Waals surface area contributed by atoms with Gasteiger partial charge >= 0.3 is 0 Å². The Balaban J connectivity index is 2.06. The number of terminal acetylenes is 1. The summed E-state index contributed by atoms with van der Waals surface area (Å²) in [5.74, 6) is 3.72. The number of hydrogen-bond donors (Lipinski definition) is 1. The monoisotopic (exact) mass is 215 g/mol. The van der Waals surface area contributed by atoms with Gasteiger partial charge in [0.1, 0.15) is 0 Å². The van der Waals surface area contributed by atoms with Gasteiger partial charge in [-0.25, -0.2) is 9.97 Å². The van der Waals surface area contributed by atoms with E-state index >= 15 is 0 Å². The molecule has 0 aliphatic heterocycles. The van der Waals surface area contributed by atoms with E-state index in [0.717, 1.165) is 0 Å². The molecule has 0 aliphatic carbocycles. The van der Waals surface area contributed by atoms with Gasteiger partial charge in [-0.05, 0) is 6.07 Å². The molecule has 0 aliphatic rings. The Morgan fingerprint density at radius 2 is 2.12 bits per heavy atom. The van der Waals surface area contributed by atoms with Crippen molar-refractivity contribution in [3.8, 4) is 24.0 Å². The smallest absolute Gasteiger partial charge is 0.241 e. The average Bonchev–Trinajstić information content (AvgIpc) is 2.79. The van der Waals surface area contributed by atoms with Crippen molar-refractivity contribution in [1.29, 1.82) is 0 Å². The molecule has 0 fully saturated rings. The Morgan fingerprint density at radius 3 is 2.88 bits per heavy atom. The van der Waals surface area contributed by atoms with Crippen LogP contribution in [-0.2, 0) is 6.54 Å². The Kier molecular flexibility index (Phi) is 3.21. The fourth-order valence-electron chi connectivity index (χ4n) is 1.07. The molecule has 0 saturated carbocycles. The Morgan fingerprint density at radius 1 is 1.31 bits per heavy atom. The predicted molar refractivity (Wildman–Crippen MR) is 55.9 cm³/mol. The summed E-state index contributed by atoms with van der Waals surface area (Å²) in [6, 6.07) is 1.72. The van der Waals surface area contributed by atoms with Crippen molar-refractivity contribution in [2.45, 2.75) is 6.54 Å². The first-order chi connectivity index (χ1) is 7.90. The van der Waals surface area contributed by atoms with E-state index < -0.39 is 0 Å². The maximum atomic E-state index is 5.09. The molecule has 0 bridgehead atoms. The van der Waals surface area contributed by atoms with Crippen molar-refractivity contribution in [3.63, 3.8) is 0 Å². The molecule has 0 atom stereocenters. The molecule has 80 valence electrons.